The standard InChI is InChI=1S/C11H12N4O3/c1-17-7-3-4-9(18-2)8(5-7)13-10-6-12-15-11(16)14-10/h3-6H,1-2H3,(H2,13,14,15,16). The Morgan fingerprint density at radius 3 is 2.78 bits per heavy atom. The molecule has 0 amide bonds. The summed E-state index contributed by atoms with van der Waals surface area (Å²) in [5.74, 6) is 1.60. The molecule has 0 saturated carbocycles. The number of aromatic nitrogens is 3. The van der Waals surface area contributed by atoms with Crippen LogP contribution in [0.1, 0.15) is 0 Å². The zero-order valence-corrected chi connectivity index (χ0v) is 9.93. The van der Waals surface area contributed by atoms with Crippen LogP contribution < -0.4 is 20.5 Å². The number of anilines is 2. The first-order valence-corrected chi connectivity index (χ1v) is 5.13. The van der Waals surface area contributed by atoms with Gasteiger partial charge in [-0.3, -0.25) is 0 Å². The molecule has 0 unspecified atom stereocenters. The van der Waals surface area contributed by atoms with Crippen molar-refractivity contribution in [2.75, 3.05) is 19.5 Å². The Kier molecular flexibility index (Phi) is 3.42. The lowest BCUT2D eigenvalue weighted by Crippen LogP contribution is -2.13. The Bertz CT molecular complexity index is 597. The largest absolute Gasteiger partial charge is 0.497 e. The second-order valence-electron chi connectivity index (χ2n) is 3.36. The number of nitrogens with one attached hydrogen (secondary N) is 2. The number of aromatic amines is 1. The number of H-pyrrole nitrogens is 1. The van der Waals surface area contributed by atoms with Gasteiger partial charge < -0.3 is 14.8 Å². The van der Waals surface area contributed by atoms with Gasteiger partial charge in [-0.05, 0) is 12.1 Å². The SMILES string of the molecule is COc1ccc(OC)c(Nc2cn[nH]c(=O)n2)c1. The van der Waals surface area contributed by atoms with E-state index in [9.17, 15) is 4.79 Å². The highest BCUT2D eigenvalue weighted by molar-refractivity contribution is 5.65. The number of hydrogen-bond donors (Lipinski definition) is 2. The summed E-state index contributed by atoms with van der Waals surface area (Å²) in [7, 11) is 3.12. The molecule has 2 N–H and O–H groups in total. The summed E-state index contributed by atoms with van der Waals surface area (Å²) in [5, 5.41) is 8.78. The third-order valence-electron chi connectivity index (χ3n) is 2.24. The molecule has 0 aliphatic carbocycles. The average Bonchev–Trinajstić information content (AvgIpc) is 2.38. The summed E-state index contributed by atoms with van der Waals surface area (Å²) >= 11 is 0. The highest BCUT2D eigenvalue weighted by Crippen LogP contribution is 2.30. The average molecular weight is 248 g/mol. The van der Waals surface area contributed by atoms with Crippen LogP contribution in [0.5, 0.6) is 11.5 Å². The molecule has 1 aromatic carbocycles. The minimum atomic E-state index is -0.526. The van der Waals surface area contributed by atoms with Gasteiger partial charge in [0.15, 0.2) is 5.82 Å². The van der Waals surface area contributed by atoms with E-state index < -0.39 is 5.69 Å². The Morgan fingerprint density at radius 2 is 2.11 bits per heavy atom. The van der Waals surface area contributed by atoms with Gasteiger partial charge in [-0.2, -0.15) is 10.1 Å². The number of nitrogens with zero attached hydrogens (tertiary/aromatic N) is 2. The van der Waals surface area contributed by atoms with Gasteiger partial charge in [-0.25, -0.2) is 9.89 Å². The lowest BCUT2D eigenvalue weighted by molar-refractivity contribution is 0.405. The van der Waals surface area contributed by atoms with E-state index >= 15 is 0 Å². The van der Waals surface area contributed by atoms with Crippen molar-refractivity contribution in [3.05, 3.63) is 34.9 Å². The predicted molar refractivity (Wildman–Crippen MR) is 65.5 cm³/mol. The van der Waals surface area contributed by atoms with Gasteiger partial charge in [0.2, 0.25) is 0 Å². The van der Waals surface area contributed by atoms with Gasteiger partial charge in [-0.1, -0.05) is 0 Å². The highest BCUT2D eigenvalue weighted by Gasteiger charge is 2.06. The molecule has 0 atom stereocenters. The van der Waals surface area contributed by atoms with Crippen molar-refractivity contribution in [3.63, 3.8) is 0 Å². The van der Waals surface area contributed by atoms with Crippen LogP contribution in [0.15, 0.2) is 29.2 Å². The normalized spacial score (nSPS) is 9.89. The second kappa shape index (κ2) is 5.17. The highest BCUT2D eigenvalue weighted by atomic mass is 16.5. The molecule has 0 aliphatic rings. The van der Waals surface area contributed by atoms with Crippen molar-refractivity contribution in [2.45, 2.75) is 0 Å². The van der Waals surface area contributed by atoms with Crippen molar-refractivity contribution < 1.29 is 9.47 Å². The maximum Gasteiger partial charge on any atom is 0.363 e. The van der Waals surface area contributed by atoms with Crippen LogP contribution in [-0.2, 0) is 0 Å². The third-order valence-corrected chi connectivity index (χ3v) is 2.24. The van der Waals surface area contributed by atoms with Crippen LogP contribution in [0.4, 0.5) is 11.5 Å². The van der Waals surface area contributed by atoms with Crippen LogP contribution in [-0.4, -0.2) is 29.4 Å². The summed E-state index contributed by atoms with van der Waals surface area (Å²) in [5.41, 5.74) is 0.110. The van der Waals surface area contributed by atoms with Gasteiger partial charge in [0, 0.05) is 6.07 Å². The lowest BCUT2D eigenvalue weighted by atomic mass is 10.2. The van der Waals surface area contributed by atoms with Crippen LogP contribution in [0, 0.1) is 0 Å². The molecule has 18 heavy (non-hydrogen) atoms. The lowest BCUT2D eigenvalue weighted by Gasteiger charge is -2.11. The summed E-state index contributed by atoms with van der Waals surface area (Å²) in [6, 6.07) is 5.26. The molecule has 7 heteroatoms. The number of methoxy groups -OCH3 is 2. The van der Waals surface area contributed by atoms with Gasteiger partial charge in [-0.15, -0.1) is 0 Å². The molecule has 1 aromatic heterocycles. The molecule has 0 fully saturated rings. The Labute approximate surface area is 103 Å². The maximum absolute atomic E-state index is 11.0. The first-order valence-electron chi connectivity index (χ1n) is 5.13. The number of ether oxygens (including phenoxy) is 2. The molecular formula is C11H12N4O3. The topological polar surface area (TPSA) is 89.1 Å². The molecule has 0 aliphatic heterocycles. The molecule has 0 saturated heterocycles. The van der Waals surface area contributed by atoms with Crippen molar-refractivity contribution in [1.29, 1.82) is 0 Å². The van der Waals surface area contributed by atoms with Crippen molar-refractivity contribution in [1.82, 2.24) is 15.2 Å². The quantitative estimate of drug-likeness (QED) is 0.836. The summed E-state index contributed by atoms with van der Waals surface area (Å²) in [4.78, 5) is 14.8. The van der Waals surface area contributed by atoms with E-state index in [0.717, 1.165) is 0 Å². The van der Waals surface area contributed by atoms with E-state index in [-0.39, 0.29) is 0 Å². The summed E-state index contributed by atoms with van der Waals surface area (Å²) in [6.07, 6.45) is 1.40. The van der Waals surface area contributed by atoms with Crippen molar-refractivity contribution in [2.24, 2.45) is 0 Å². The fourth-order valence-electron chi connectivity index (χ4n) is 1.42. The second-order valence-corrected chi connectivity index (χ2v) is 3.36. The molecular weight excluding hydrogens is 236 g/mol. The minimum absolute atomic E-state index is 0.324. The van der Waals surface area contributed by atoms with Gasteiger partial charge in [0.05, 0.1) is 26.1 Å². The van der Waals surface area contributed by atoms with E-state index in [1.54, 1.807) is 32.4 Å². The number of rotatable bonds is 4. The zero-order valence-electron chi connectivity index (χ0n) is 9.93. The molecule has 1 heterocycles. The van der Waals surface area contributed by atoms with E-state index in [0.29, 0.717) is 23.0 Å². The number of benzene rings is 1. The molecule has 2 rings (SSSR count). The maximum atomic E-state index is 11.0. The Balaban J connectivity index is 2.35. The third kappa shape index (κ3) is 2.57. The van der Waals surface area contributed by atoms with E-state index in [1.807, 2.05) is 0 Å². The zero-order chi connectivity index (χ0) is 13.0. The van der Waals surface area contributed by atoms with Gasteiger partial charge in [0.25, 0.3) is 0 Å². The molecule has 0 radical (unpaired) electrons. The molecule has 0 spiro atoms. The van der Waals surface area contributed by atoms with Gasteiger partial charge in [0.1, 0.15) is 11.5 Å². The van der Waals surface area contributed by atoms with E-state index in [4.69, 9.17) is 9.47 Å². The number of hydrogen-bond acceptors (Lipinski definition) is 6. The van der Waals surface area contributed by atoms with Crippen LogP contribution >= 0.6 is 0 Å². The van der Waals surface area contributed by atoms with Crippen LogP contribution in [0.3, 0.4) is 0 Å². The fraction of sp³-hybridized carbons (Fsp3) is 0.182. The fourth-order valence-corrected chi connectivity index (χ4v) is 1.42. The molecule has 2 aromatic rings. The van der Waals surface area contributed by atoms with E-state index in [1.165, 1.54) is 6.20 Å². The first-order chi connectivity index (χ1) is 8.72. The predicted octanol–water partition coefficient (Wildman–Crippen LogP) is 0.926. The van der Waals surface area contributed by atoms with Gasteiger partial charge >= 0.3 is 5.69 Å². The van der Waals surface area contributed by atoms with Crippen LogP contribution in [0.2, 0.25) is 0 Å². The van der Waals surface area contributed by atoms with Crippen molar-refractivity contribution in [3.8, 4) is 11.5 Å². The molecule has 0 bridgehead atoms. The smallest absolute Gasteiger partial charge is 0.363 e. The summed E-state index contributed by atoms with van der Waals surface area (Å²) in [6.45, 7) is 0. The van der Waals surface area contributed by atoms with Crippen LogP contribution in [0.25, 0.3) is 0 Å². The van der Waals surface area contributed by atoms with E-state index in [2.05, 4.69) is 20.5 Å². The minimum Gasteiger partial charge on any atom is -0.497 e. The Morgan fingerprint density at radius 1 is 1.28 bits per heavy atom. The first kappa shape index (κ1) is 11.9. The van der Waals surface area contributed by atoms with Crippen molar-refractivity contribution >= 4 is 11.5 Å². The summed E-state index contributed by atoms with van der Waals surface area (Å²) < 4.78 is 10.3. The molecule has 94 valence electrons. The monoisotopic (exact) mass is 248 g/mol. The Hall–Kier alpha value is -2.57. The molecule has 7 nitrogen and oxygen atoms in total.